The second kappa shape index (κ2) is 10.3. The van der Waals surface area contributed by atoms with Crippen molar-refractivity contribution in [1.29, 1.82) is 0 Å². The molecule has 1 rings (SSSR count). The Morgan fingerprint density at radius 3 is 1.95 bits per heavy atom. The Morgan fingerprint density at radius 2 is 1.68 bits per heavy atom. The van der Waals surface area contributed by atoms with Gasteiger partial charge in [-0.1, -0.05) is 32.9 Å². The predicted molar refractivity (Wildman–Crippen MR) is 92.4 cm³/mol. The van der Waals surface area contributed by atoms with E-state index >= 15 is 0 Å². The Hall–Kier alpha value is -1.51. The van der Waals surface area contributed by atoms with Crippen molar-refractivity contribution in [1.82, 2.24) is 0 Å². The maximum absolute atomic E-state index is 9.60. The number of benzene rings is 1. The second-order valence-corrected chi connectivity index (χ2v) is 6.83. The van der Waals surface area contributed by atoms with E-state index in [1.807, 2.05) is 20.8 Å². The zero-order valence-corrected chi connectivity index (χ0v) is 15.2. The molecule has 0 amide bonds. The van der Waals surface area contributed by atoms with Gasteiger partial charge in [0.15, 0.2) is 0 Å². The molecule has 0 spiro atoms. The average molecular weight is 308 g/mol. The highest BCUT2D eigenvalue weighted by atomic mass is 16.5. The van der Waals surface area contributed by atoms with E-state index in [1.165, 1.54) is 18.4 Å². The maximum atomic E-state index is 9.60. The average Bonchev–Trinajstić information content (AvgIpc) is 2.44. The van der Waals surface area contributed by atoms with Crippen LogP contribution in [0.3, 0.4) is 0 Å². The van der Waals surface area contributed by atoms with Crippen molar-refractivity contribution >= 4 is 6.47 Å². The third-order valence-corrected chi connectivity index (χ3v) is 3.24. The molecule has 3 nitrogen and oxygen atoms in total. The van der Waals surface area contributed by atoms with Crippen LogP contribution < -0.4 is 4.74 Å². The van der Waals surface area contributed by atoms with Crippen LogP contribution >= 0.6 is 0 Å². The first kappa shape index (κ1) is 20.5. The van der Waals surface area contributed by atoms with Crippen LogP contribution in [0.1, 0.15) is 65.9 Å². The number of rotatable bonds is 6. The van der Waals surface area contributed by atoms with Gasteiger partial charge in [-0.15, -0.1) is 0 Å². The predicted octanol–water partition coefficient (Wildman–Crippen LogP) is 5.19. The molecule has 3 heteroatoms. The summed E-state index contributed by atoms with van der Waals surface area (Å²) in [6, 6.07) is 8.49. The van der Waals surface area contributed by atoms with Crippen LogP contribution in [0.25, 0.3) is 0 Å². The minimum absolute atomic E-state index is 0.318. The zero-order chi connectivity index (χ0) is 17.2. The molecule has 0 N–H and O–H groups in total. The van der Waals surface area contributed by atoms with Gasteiger partial charge in [0.2, 0.25) is 0 Å². The molecule has 0 heterocycles. The fourth-order valence-electron chi connectivity index (χ4n) is 2.13. The van der Waals surface area contributed by atoms with Crippen LogP contribution in [0.2, 0.25) is 0 Å². The largest absolute Gasteiger partial charge is 0.497 e. The van der Waals surface area contributed by atoms with Crippen LogP contribution in [0, 0.1) is 5.92 Å². The lowest BCUT2D eigenvalue weighted by Gasteiger charge is -2.17. The van der Waals surface area contributed by atoms with Crippen molar-refractivity contribution in [2.45, 2.75) is 65.9 Å². The molecule has 126 valence electrons. The molecule has 22 heavy (non-hydrogen) atoms. The van der Waals surface area contributed by atoms with Gasteiger partial charge in [-0.25, -0.2) is 0 Å². The topological polar surface area (TPSA) is 35.5 Å². The molecular formula is C19H32O3. The lowest BCUT2D eigenvalue weighted by atomic mass is 9.88. The van der Waals surface area contributed by atoms with Gasteiger partial charge in [0.05, 0.1) is 7.11 Å². The Morgan fingerprint density at radius 1 is 1.14 bits per heavy atom. The van der Waals surface area contributed by atoms with Crippen LogP contribution in [0.4, 0.5) is 0 Å². The monoisotopic (exact) mass is 308 g/mol. The highest BCUT2D eigenvalue weighted by molar-refractivity contribution is 5.37. The smallest absolute Gasteiger partial charge is 0.293 e. The normalized spacial score (nSPS) is 12.2. The molecule has 0 aliphatic carbocycles. The Kier molecular flexibility index (Phi) is 9.55. The number of carbonyl (C=O) groups excluding carboxylic acids is 1. The summed E-state index contributed by atoms with van der Waals surface area (Å²) < 4.78 is 9.71. The number of hydrogen-bond acceptors (Lipinski definition) is 3. The summed E-state index contributed by atoms with van der Waals surface area (Å²) in [6.07, 6.45) is 2.48. The first-order valence-corrected chi connectivity index (χ1v) is 7.98. The van der Waals surface area contributed by atoms with Gasteiger partial charge in [-0.2, -0.15) is 0 Å². The molecule has 0 aliphatic rings. The molecule has 0 aliphatic heterocycles. The number of methoxy groups -OCH3 is 1. The van der Waals surface area contributed by atoms with Gasteiger partial charge >= 0.3 is 0 Å². The van der Waals surface area contributed by atoms with E-state index < -0.39 is 0 Å². The summed E-state index contributed by atoms with van der Waals surface area (Å²) >= 11 is 0. The SMILES string of the molecule is CC(C)(C)OC=O.CCC(CC(C)C)c1ccc(OC)cc1. The molecule has 0 fully saturated rings. The van der Waals surface area contributed by atoms with Gasteiger partial charge in [0, 0.05) is 0 Å². The van der Waals surface area contributed by atoms with Crippen molar-refractivity contribution in [3.8, 4) is 5.75 Å². The fraction of sp³-hybridized carbons (Fsp3) is 0.632. The van der Waals surface area contributed by atoms with Gasteiger partial charge in [-0.05, 0) is 63.1 Å². The Balaban J connectivity index is 0.000000534. The van der Waals surface area contributed by atoms with E-state index in [1.54, 1.807) is 7.11 Å². The van der Waals surface area contributed by atoms with Gasteiger partial charge in [0.25, 0.3) is 6.47 Å². The molecule has 1 atom stereocenters. The van der Waals surface area contributed by atoms with E-state index in [2.05, 4.69) is 49.8 Å². The minimum atomic E-state index is -0.318. The third-order valence-electron chi connectivity index (χ3n) is 3.24. The molecule has 0 saturated carbocycles. The molecular weight excluding hydrogens is 276 g/mol. The van der Waals surface area contributed by atoms with Crippen molar-refractivity contribution in [3.05, 3.63) is 29.8 Å². The molecule has 1 unspecified atom stereocenters. The molecule has 0 saturated heterocycles. The summed E-state index contributed by atoms with van der Waals surface area (Å²) in [5.74, 6) is 2.39. The number of hydrogen-bond donors (Lipinski definition) is 0. The number of ether oxygens (including phenoxy) is 2. The first-order chi connectivity index (χ1) is 10.2. The number of carbonyl (C=O) groups is 1. The van der Waals surface area contributed by atoms with Crippen LogP contribution in [0.15, 0.2) is 24.3 Å². The Bertz CT molecular complexity index is 402. The molecule has 0 aromatic heterocycles. The molecule has 1 aromatic rings. The van der Waals surface area contributed by atoms with Crippen molar-refractivity contribution in [3.63, 3.8) is 0 Å². The van der Waals surface area contributed by atoms with E-state index in [0.717, 1.165) is 11.7 Å². The van der Waals surface area contributed by atoms with Gasteiger partial charge in [0.1, 0.15) is 11.4 Å². The zero-order valence-electron chi connectivity index (χ0n) is 15.2. The molecule has 1 aromatic carbocycles. The van der Waals surface area contributed by atoms with E-state index in [9.17, 15) is 4.79 Å². The first-order valence-electron chi connectivity index (χ1n) is 7.98. The van der Waals surface area contributed by atoms with Crippen molar-refractivity contribution in [2.75, 3.05) is 7.11 Å². The van der Waals surface area contributed by atoms with Gasteiger partial charge < -0.3 is 9.47 Å². The lowest BCUT2D eigenvalue weighted by Crippen LogP contribution is -2.17. The summed E-state index contributed by atoms with van der Waals surface area (Å²) in [4.78, 5) is 9.60. The third kappa shape index (κ3) is 9.43. The van der Waals surface area contributed by atoms with Gasteiger partial charge in [-0.3, -0.25) is 4.79 Å². The molecule has 0 radical (unpaired) electrons. The lowest BCUT2D eigenvalue weighted by molar-refractivity contribution is -0.138. The maximum Gasteiger partial charge on any atom is 0.293 e. The van der Waals surface area contributed by atoms with Crippen LogP contribution in [-0.4, -0.2) is 19.2 Å². The van der Waals surface area contributed by atoms with Crippen LogP contribution in [-0.2, 0) is 9.53 Å². The second-order valence-electron chi connectivity index (χ2n) is 6.83. The quantitative estimate of drug-likeness (QED) is 0.678. The molecule has 0 bridgehead atoms. The Labute approximate surface area is 136 Å². The van der Waals surface area contributed by atoms with Crippen molar-refractivity contribution in [2.24, 2.45) is 5.92 Å². The van der Waals surface area contributed by atoms with Crippen LogP contribution in [0.5, 0.6) is 5.75 Å². The van der Waals surface area contributed by atoms with Crippen molar-refractivity contribution < 1.29 is 14.3 Å². The minimum Gasteiger partial charge on any atom is -0.497 e. The fourth-order valence-corrected chi connectivity index (χ4v) is 2.13. The summed E-state index contributed by atoms with van der Waals surface area (Å²) in [7, 11) is 1.71. The van der Waals surface area contributed by atoms with E-state index in [0.29, 0.717) is 12.4 Å². The standard InChI is InChI=1S/C14H22O.C5H10O2/c1-5-12(10-11(2)3)13-6-8-14(15-4)9-7-13;1-5(2,3)7-4-6/h6-9,11-12H,5,10H2,1-4H3;4H,1-3H3. The summed E-state index contributed by atoms with van der Waals surface area (Å²) in [6.45, 7) is 12.7. The van der Waals surface area contributed by atoms with E-state index in [4.69, 9.17) is 4.74 Å². The summed E-state index contributed by atoms with van der Waals surface area (Å²) in [5, 5.41) is 0. The summed E-state index contributed by atoms with van der Waals surface area (Å²) in [5.41, 5.74) is 1.12. The highest BCUT2D eigenvalue weighted by Gasteiger charge is 2.11. The van der Waals surface area contributed by atoms with E-state index in [-0.39, 0.29) is 5.60 Å². The highest BCUT2D eigenvalue weighted by Crippen LogP contribution is 2.28.